The lowest BCUT2D eigenvalue weighted by Crippen LogP contribution is -2.49. The van der Waals surface area contributed by atoms with Crippen molar-refractivity contribution >= 4 is 16.9 Å². The number of aromatic nitrogens is 2. The zero-order valence-electron chi connectivity index (χ0n) is 15.3. The first-order chi connectivity index (χ1) is 12.6. The summed E-state index contributed by atoms with van der Waals surface area (Å²) < 4.78 is 2.17. The molecular weight excluding hydrogens is 324 g/mol. The Hall–Kier alpha value is -2.66. The Balaban J connectivity index is 1.58. The number of fused-ring (bicyclic) bond motifs is 1. The zero-order valence-corrected chi connectivity index (χ0v) is 15.3. The molecule has 0 saturated carbocycles. The van der Waals surface area contributed by atoms with Gasteiger partial charge in [0.05, 0.1) is 23.6 Å². The molecule has 1 fully saturated rings. The van der Waals surface area contributed by atoms with Gasteiger partial charge in [-0.3, -0.25) is 9.69 Å². The molecule has 134 valence electrons. The average molecular weight is 348 g/mol. The Morgan fingerprint density at radius 1 is 1.08 bits per heavy atom. The monoisotopic (exact) mass is 348 g/mol. The number of rotatable bonds is 3. The number of hydrogen-bond acceptors (Lipinski definition) is 3. The Kier molecular flexibility index (Phi) is 4.47. The molecule has 1 saturated heterocycles. The van der Waals surface area contributed by atoms with Crippen LogP contribution in [0.5, 0.6) is 0 Å². The molecule has 0 bridgehead atoms. The molecule has 1 aromatic heterocycles. The number of para-hydroxylation sites is 2. The van der Waals surface area contributed by atoms with E-state index in [1.807, 2.05) is 35.2 Å². The van der Waals surface area contributed by atoms with Gasteiger partial charge in [0.1, 0.15) is 5.82 Å². The van der Waals surface area contributed by atoms with Gasteiger partial charge in [-0.1, -0.05) is 42.5 Å². The summed E-state index contributed by atoms with van der Waals surface area (Å²) in [5.41, 5.74) is 3.38. The van der Waals surface area contributed by atoms with Crippen LogP contribution in [-0.2, 0) is 18.4 Å². The van der Waals surface area contributed by atoms with Crippen molar-refractivity contribution in [3.8, 4) is 0 Å². The fourth-order valence-electron chi connectivity index (χ4n) is 3.86. The maximum Gasteiger partial charge on any atom is 0.220 e. The fraction of sp³-hybridized carbons (Fsp3) is 0.333. The molecule has 5 heteroatoms. The normalized spacial score (nSPS) is 18.4. The minimum absolute atomic E-state index is 0.0946. The highest BCUT2D eigenvalue weighted by Gasteiger charge is 2.30. The minimum atomic E-state index is 0.0946. The number of benzene rings is 2. The van der Waals surface area contributed by atoms with Gasteiger partial charge in [-0.05, 0) is 17.7 Å². The molecule has 1 aliphatic heterocycles. The highest BCUT2D eigenvalue weighted by molar-refractivity contribution is 5.75. The van der Waals surface area contributed by atoms with Crippen molar-refractivity contribution in [3.05, 3.63) is 66.0 Å². The van der Waals surface area contributed by atoms with E-state index in [2.05, 4.69) is 40.8 Å². The van der Waals surface area contributed by atoms with Crippen LogP contribution in [-0.4, -0.2) is 44.9 Å². The first-order valence-corrected chi connectivity index (χ1v) is 9.08. The SMILES string of the molecule is CC(=O)N1CCN(Cc2nc3ccccc3n2C)C[C@H]1c1ccccc1. The molecule has 26 heavy (non-hydrogen) atoms. The number of imidazole rings is 1. The van der Waals surface area contributed by atoms with Gasteiger partial charge in [-0.2, -0.15) is 0 Å². The summed E-state index contributed by atoms with van der Waals surface area (Å²) in [6.07, 6.45) is 0. The summed E-state index contributed by atoms with van der Waals surface area (Å²) in [4.78, 5) is 21.3. The van der Waals surface area contributed by atoms with Crippen LogP contribution in [0.3, 0.4) is 0 Å². The number of amides is 1. The topological polar surface area (TPSA) is 41.4 Å². The highest BCUT2D eigenvalue weighted by atomic mass is 16.2. The number of piperazine rings is 1. The molecule has 1 amide bonds. The largest absolute Gasteiger partial charge is 0.333 e. The van der Waals surface area contributed by atoms with Crippen molar-refractivity contribution in [2.45, 2.75) is 19.5 Å². The maximum atomic E-state index is 12.1. The molecule has 2 aromatic carbocycles. The Morgan fingerprint density at radius 3 is 2.54 bits per heavy atom. The van der Waals surface area contributed by atoms with E-state index in [-0.39, 0.29) is 11.9 Å². The predicted molar refractivity (Wildman–Crippen MR) is 103 cm³/mol. The number of nitrogens with zero attached hydrogens (tertiary/aromatic N) is 4. The lowest BCUT2D eigenvalue weighted by Gasteiger charge is -2.41. The van der Waals surface area contributed by atoms with Gasteiger partial charge in [0.25, 0.3) is 0 Å². The molecule has 0 aliphatic carbocycles. The van der Waals surface area contributed by atoms with E-state index < -0.39 is 0 Å². The van der Waals surface area contributed by atoms with Gasteiger partial charge in [0.15, 0.2) is 0 Å². The van der Waals surface area contributed by atoms with Gasteiger partial charge in [-0.25, -0.2) is 4.98 Å². The summed E-state index contributed by atoms with van der Waals surface area (Å²) in [5.74, 6) is 1.20. The van der Waals surface area contributed by atoms with Crippen LogP contribution in [0.25, 0.3) is 11.0 Å². The second-order valence-electron chi connectivity index (χ2n) is 6.95. The van der Waals surface area contributed by atoms with E-state index >= 15 is 0 Å². The Bertz CT molecular complexity index is 918. The molecule has 1 atom stereocenters. The molecule has 0 N–H and O–H groups in total. The van der Waals surface area contributed by atoms with E-state index in [0.29, 0.717) is 0 Å². The van der Waals surface area contributed by atoms with E-state index in [9.17, 15) is 4.79 Å². The molecular formula is C21H24N4O. The van der Waals surface area contributed by atoms with Crippen LogP contribution < -0.4 is 0 Å². The quantitative estimate of drug-likeness (QED) is 0.731. The van der Waals surface area contributed by atoms with Crippen molar-refractivity contribution in [3.63, 3.8) is 0 Å². The molecule has 0 spiro atoms. The van der Waals surface area contributed by atoms with Crippen LogP contribution >= 0.6 is 0 Å². The highest BCUT2D eigenvalue weighted by Crippen LogP contribution is 2.26. The molecule has 3 aromatic rings. The first kappa shape index (κ1) is 16.8. The Morgan fingerprint density at radius 2 is 1.81 bits per heavy atom. The van der Waals surface area contributed by atoms with E-state index in [1.165, 1.54) is 5.56 Å². The predicted octanol–water partition coefficient (Wildman–Crippen LogP) is 2.98. The third-order valence-corrected chi connectivity index (χ3v) is 5.30. The number of carbonyl (C=O) groups is 1. The number of carbonyl (C=O) groups excluding carboxylic acids is 1. The molecule has 0 unspecified atom stereocenters. The smallest absolute Gasteiger partial charge is 0.220 e. The summed E-state index contributed by atoms with van der Waals surface area (Å²) in [6, 6.07) is 18.6. The standard InChI is InChI=1S/C21H24N4O/c1-16(26)25-13-12-24(14-20(25)17-8-4-3-5-9-17)15-21-22-18-10-6-7-11-19(18)23(21)2/h3-11,20H,12-15H2,1-2H3/t20-/m0/s1. The third-order valence-electron chi connectivity index (χ3n) is 5.30. The van der Waals surface area contributed by atoms with Crippen molar-refractivity contribution in [1.29, 1.82) is 0 Å². The first-order valence-electron chi connectivity index (χ1n) is 9.08. The average Bonchev–Trinajstić information content (AvgIpc) is 2.98. The molecule has 4 rings (SSSR count). The summed E-state index contributed by atoms with van der Waals surface area (Å²) in [6.45, 7) is 4.90. The number of aryl methyl sites for hydroxylation is 1. The molecule has 1 aliphatic rings. The van der Waals surface area contributed by atoms with Crippen molar-refractivity contribution in [1.82, 2.24) is 19.4 Å². The molecule has 2 heterocycles. The fourth-order valence-corrected chi connectivity index (χ4v) is 3.86. The van der Waals surface area contributed by atoms with Crippen molar-refractivity contribution < 1.29 is 4.79 Å². The van der Waals surface area contributed by atoms with Crippen molar-refractivity contribution in [2.24, 2.45) is 7.05 Å². The van der Waals surface area contributed by atoms with Crippen LogP contribution in [0.1, 0.15) is 24.4 Å². The van der Waals surface area contributed by atoms with E-state index in [1.54, 1.807) is 6.92 Å². The second-order valence-corrected chi connectivity index (χ2v) is 6.95. The van der Waals surface area contributed by atoms with Crippen molar-refractivity contribution in [2.75, 3.05) is 19.6 Å². The molecule has 5 nitrogen and oxygen atoms in total. The van der Waals surface area contributed by atoms with Gasteiger partial charge in [0.2, 0.25) is 5.91 Å². The van der Waals surface area contributed by atoms with Gasteiger partial charge in [0, 0.05) is 33.6 Å². The minimum Gasteiger partial charge on any atom is -0.333 e. The molecule has 0 radical (unpaired) electrons. The second kappa shape index (κ2) is 6.92. The third kappa shape index (κ3) is 3.10. The lowest BCUT2D eigenvalue weighted by atomic mass is 10.0. The zero-order chi connectivity index (χ0) is 18.1. The summed E-state index contributed by atoms with van der Waals surface area (Å²) in [7, 11) is 2.07. The van der Waals surface area contributed by atoms with Gasteiger partial charge >= 0.3 is 0 Å². The van der Waals surface area contributed by atoms with Crippen LogP contribution in [0, 0.1) is 0 Å². The lowest BCUT2D eigenvalue weighted by molar-refractivity contribution is -0.134. The van der Waals surface area contributed by atoms with Crippen LogP contribution in [0.4, 0.5) is 0 Å². The van der Waals surface area contributed by atoms with Crippen LogP contribution in [0.2, 0.25) is 0 Å². The van der Waals surface area contributed by atoms with Gasteiger partial charge < -0.3 is 9.47 Å². The van der Waals surface area contributed by atoms with E-state index in [0.717, 1.165) is 43.0 Å². The van der Waals surface area contributed by atoms with Gasteiger partial charge in [-0.15, -0.1) is 0 Å². The van der Waals surface area contributed by atoms with Crippen LogP contribution in [0.15, 0.2) is 54.6 Å². The Labute approximate surface area is 153 Å². The summed E-state index contributed by atoms with van der Waals surface area (Å²) in [5, 5.41) is 0. The summed E-state index contributed by atoms with van der Waals surface area (Å²) >= 11 is 0. The van der Waals surface area contributed by atoms with E-state index in [4.69, 9.17) is 4.98 Å². The maximum absolute atomic E-state index is 12.1. The number of hydrogen-bond donors (Lipinski definition) is 0.